The minimum absolute atomic E-state index is 0.257. The van der Waals surface area contributed by atoms with Crippen LogP contribution in [0.5, 0.6) is 0 Å². The van der Waals surface area contributed by atoms with E-state index < -0.39 is 5.60 Å². The molecule has 1 aromatic carbocycles. The highest BCUT2D eigenvalue weighted by molar-refractivity contribution is 5.95. The molecule has 3 rings (SSSR count). The van der Waals surface area contributed by atoms with Crippen molar-refractivity contribution in [1.29, 1.82) is 0 Å². The number of benzene rings is 1. The fraction of sp³-hybridized carbons (Fsp3) is 0.375. The molecular formula is C16H18FN3O2. The molecule has 1 saturated carbocycles. The molecule has 0 saturated heterocycles. The molecule has 6 heteroatoms. The minimum atomic E-state index is -0.753. The van der Waals surface area contributed by atoms with Crippen molar-refractivity contribution in [2.75, 3.05) is 6.54 Å². The molecule has 0 spiro atoms. The van der Waals surface area contributed by atoms with Crippen molar-refractivity contribution in [2.24, 2.45) is 0 Å². The largest absolute Gasteiger partial charge is 0.388 e. The van der Waals surface area contributed by atoms with E-state index in [1.54, 1.807) is 23.7 Å². The quantitative estimate of drug-likeness (QED) is 0.907. The highest BCUT2D eigenvalue weighted by Crippen LogP contribution is 2.30. The van der Waals surface area contributed by atoms with E-state index in [4.69, 9.17) is 0 Å². The van der Waals surface area contributed by atoms with Crippen LogP contribution in [-0.2, 0) is 0 Å². The van der Waals surface area contributed by atoms with Crippen LogP contribution in [0.15, 0.2) is 30.5 Å². The third kappa shape index (κ3) is 2.74. The van der Waals surface area contributed by atoms with Gasteiger partial charge in [0, 0.05) is 6.54 Å². The molecule has 116 valence electrons. The van der Waals surface area contributed by atoms with E-state index in [1.807, 2.05) is 0 Å². The zero-order valence-electron chi connectivity index (χ0n) is 12.3. The number of amides is 1. The fourth-order valence-corrected chi connectivity index (χ4v) is 2.58. The average Bonchev–Trinajstić information content (AvgIpc) is 2.85. The third-order valence-corrected chi connectivity index (χ3v) is 4.19. The molecule has 1 heterocycles. The van der Waals surface area contributed by atoms with Crippen LogP contribution in [0.2, 0.25) is 0 Å². The second-order valence-corrected chi connectivity index (χ2v) is 5.79. The summed E-state index contributed by atoms with van der Waals surface area (Å²) in [6.07, 6.45) is 3.93. The maximum atomic E-state index is 13.0. The third-order valence-electron chi connectivity index (χ3n) is 4.19. The highest BCUT2D eigenvalue weighted by atomic mass is 19.1. The Kier molecular flexibility index (Phi) is 3.70. The number of hydrogen-bond acceptors (Lipinski definition) is 3. The number of carbonyl (C=O) groups is 1. The molecule has 22 heavy (non-hydrogen) atoms. The van der Waals surface area contributed by atoms with Crippen LogP contribution in [-0.4, -0.2) is 32.9 Å². The summed E-state index contributed by atoms with van der Waals surface area (Å²) in [5.41, 5.74) is 1.06. The molecular weight excluding hydrogens is 285 g/mol. The van der Waals surface area contributed by atoms with Gasteiger partial charge in [-0.15, -0.1) is 0 Å². The second-order valence-electron chi connectivity index (χ2n) is 5.79. The Morgan fingerprint density at radius 1 is 1.41 bits per heavy atom. The lowest BCUT2D eigenvalue weighted by Crippen LogP contribution is -2.47. The van der Waals surface area contributed by atoms with Gasteiger partial charge < -0.3 is 10.4 Å². The van der Waals surface area contributed by atoms with Crippen LogP contribution in [0.4, 0.5) is 4.39 Å². The molecule has 5 nitrogen and oxygen atoms in total. The summed E-state index contributed by atoms with van der Waals surface area (Å²) in [5.74, 6) is -0.577. The summed E-state index contributed by atoms with van der Waals surface area (Å²) >= 11 is 0. The molecule has 1 aliphatic rings. The van der Waals surface area contributed by atoms with Crippen LogP contribution in [0.25, 0.3) is 5.69 Å². The number of rotatable bonds is 4. The standard InChI is InChI=1S/C16H18FN3O2/c1-11-14(15(21)18-10-16(22)7-2-8-16)9-19-20(11)13-5-3-12(17)4-6-13/h3-6,9,22H,2,7-8,10H2,1H3,(H,18,21). The maximum Gasteiger partial charge on any atom is 0.254 e. The number of halogens is 1. The fourth-order valence-electron chi connectivity index (χ4n) is 2.58. The van der Waals surface area contributed by atoms with Gasteiger partial charge in [0.25, 0.3) is 5.91 Å². The number of carbonyl (C=O) groups excluding carboxylic acids is 1. The topological polar surface area (TPSA) is 67.2 Å². The highest BCUT2D eigenvalue weighted by Gasteiger charge is 2.34. The lowest BCUT2D eigenvalue weighted by atomic mass is 9.80. The van der Waals surface area contributed by atoms with Gasteiger partial charge in [-0.1, -0.05) is 0 Å². The number of aliphatic hydroxyl groups is 1. The number of nitrogens with zero attached hydrogens (tertiary/aromatic N) is 2. The van der Waals surface area contributed by atoms with Crippen molar-refractivity contribution >= 4 is 5.91 Å². The molecule has 0 unspecified atom stereocenters. The summed E-state index contributed by atoms with van der Waals surface area (Å²) < 4.78 is 14.6. The molecule has 0 bridgehead atoms. The lowest BCUT2D eigenvalue weighted by Gasteiger charge is -2.36. The smallest absolute Gasteiger partial charge is 0.254 e. The number of hydrogen-bond donors (Lipinski definition) is 2. The minimum Gasteiger partial charge on any atom is -0.388 e. The Morgan fingerprint density at radius 3 is 2.68 bits per heavy atom. The summed E-state index contributed by atoms with van der Waals surface area (Å²) in [5, 5.41) is 17.0. The van der Waals surface area contributed by atoms with Crippen molar-refractivity contribution in [1.82, 2.24) is 15.1 Å². The predicted molar refractivity (Wildman–Crippen MR) is 79.4 cm³/mol. The molecule has 2 N–H and O–H groups in total. The summed E-state index contributed by atoms with van der Waals surface area (Å²) in [7, 11) is 0. The zero-order valence-corrected chi connectivity index (χ0v) is 12.3. The molecule has 2 aromatic rings. The first-order valence-electron chi connectivity index (χ1n) is 7.30. The van der Waals surface area contributed by atoms with Gasteiger partial charge >= 0.3 is 0 Å². The van der Waals surface area contributed by atoms with Crippen LogP contribution >= 0.6 is 0 Å². The van der Waals surface area contributed by atoms with Crippen molar-refractivity contribution in [2.45, 2.75) is 31.8 Å². The molecule has 0 atom stereocenters. The first-order chi connectivity index (χ1) is 10.5. The van der Waals surface area contributed by atoms with Crippen molar-refractivity contribution in [3.63, 3.8) is 0 Å². The van der Waals surface area contributed by atoms with Gasteiger partial charge in [-0.2, -0.15) is 5.10 Å². The van der Waals surface area contributed by atoms with Gasteiger partial charge in [-0.05, 0) is 50.5 Å². The van der Waals surface area contributed by atoms with E-state index in [-0.39, 0.29) is 18.3 Å². The van der Waals surface area contributed by atoms with Gasteiger partial charge in [-0.3, -0.25) is 4.79 Å². The van der Waals surface area contributed by atoms with Gasteiger partial charge in [0.1, 0.15) is 5.82 Å². The van der Waals surface area contributed by atoms with Gasteiger partial charge in [0.05, 0.1) is 28.7 Å². The monoisotopic (exact) mass is 303 g/mol. The molecule has 0 radical (unpaired) electrons. The Morgan fingerprint density at radius 2 is 2.09 bits per heavy atom. The van der Waals surface area contributed by atoms with E-state index in [2.05, 4.69) is 10.4 Å². The number of nitrogens with one attached hydrogen (secondary N) is 1. The first-order valence-corrected chi connectivity index (χ1v) is 7.30. The average molecular weight is 303 g/mol. The van der Waals surface area contributed by atoms with Crippen molar-refractivity contribution in [3.8, 4) is 5.69 Å². The lowest BCUT2D eigenvalue weighted by molar-refractivity contribution is -0.0300. The maximum absolute atomic E-state index is 13.0. The van der Waals surface area contributed by atoms with E-state index in [0.29, 0.717) is 16.9 Å². The van der Waals surface area contributed by atoms with Gasteiger partial charge in [0.2, 0.25) is 0 Å². The molecule has 1 amide bonds. The van der Waals surface area contributed by atoms with Crippen LogP contribution in [0.1, 0.15) is 35.3 Å². The summed E-state index contributed by atoms with van der Waals surface area (Å²) in [6.45, 7) is 2.04. The van der Waals surface area contributed by atoms with Crippen LogP contribution < -0.4 is 5.32 Å². The van der Waals surface area contributed by atoms with E-state index >= 15 is 0 Å². The summed E-state index contributed by atoms with van der Waals surface area (Å²) in [6, 6.07) is 5.91. The second kappa shape index (κ2) is 5.53. The molecule has 1 fully saturated rings. The van der Waals surface area contributed by atoms with Gasteiger partial charge in [0.15, 0.2) is 0 Å². The van der Waals surface area contributed by atoms with E-state index in [1.165, 1.54) is 18.3 Å². The molecule has 1 aliphatic carbocycles. The zero-order chi connectivity index (χ0) is 15.7. The van der Waals surface area contributed by atoms with Crippen molar-refractivity contribution < 1.29 is 14.3 Å². The Balaban J connectivity index is 1.75. The van der Waals surface area contributed by atoms with Crippen LogP contribution in [0.3, 0.4) is 0 Å². The van der Waals surface area contributed by atoms with E-state index in [9.17, 15) is 14.3 Å². The Labute approximate surface area is 127 Å². The van der Waals surface area contributed by atoms with Gasteiger partial charge in [-0.25, -0.2) is 9.07 Å². The van der Waals surface area contributed by atoms with E-state index in [0.717, 1.165) is 19.3 Å². The Bertz CT molecular complexity index is 690. The Hall–Kier alpha value is -2.21. The van der Waals surface area contributed by atoms with Crippen molar-refractivity contribution in [3.05, 3.63) is 47.5 Å². The van der Waals surface area contributed by atoms with Crippen LogP contribution in [0, 0.1) is 12.7 Å². The molecule has 1 aromatic heterocycles. The predicted octanol–water partition coefficient (Wildman–Crippen LogP) is 1.96. The summed E-state index contributed by atoms with van der Waals surface area (Å²) in [4.78, 5) is 12.2. The first kappa shape index (κ1) is 14.7. The normalized spacial score (nSPS) is 16.1. The number of aromatic nitrogens is 2. The SMILES string of the molecule is Cc1c(C(=O)NCC2(O)CCC2)cnn1-c1ccc(F)cc1. The molecule has 0 aliphatic heterocycles.